The fourth-order valence-electron chi connectivity index (χ4n) is 2.19. The summed E-state index contributed by atoms with van der Waals surface area (Å²) in [4.78, 5) is 0. The number of hydrogen-bond donors (Lipinski definition) is 3. The molecule has 6 heteroatoms. The molecular weight excluding hydrogens is 276 g/mol. The van der Waals surface area contributed by atoms with Gasteiger partial charge in [0.05, 0.1) is 0 Å². The monoisotopic (exact) mass is 294 g/mol. The zero-order chi connectivity index (χ0) is 15.8. The van der Waals surface area contributed by atoms with Crippen molar-refractivity contribution in [3.8, 4) is 37.0 Å². The molecule has 3 N–H and O–H groups in total. The van der Waals surface area contributed by atoms with Gasteiger partial charge in [0.25, 0.3) is 0 Å². The third kappa shape index (κ3) is 4.20. The Morgan fingerprint density at radius 1 is 0.619 bits per heavy atom. The van der Waals surface area contributed by atoms with Gasteiger partial charge in [0.15, 0.2) is 0 Å². The molecule has 1 fully saturated rings. The molecule has 0 radical (unpaired) electrons. The van der Waals surface area contributed by atoms with Crippen molar-refractivity contribution < 1.29 is 29.5 Å². The molecule has 0 bridgehead atoms. The first kappa shape index (κ1) is 17.5. The van der Waals surface area contributed by atoms with Crippen molar-refractivity contribution in [2.45, 2.75) is 36.6 Å². The molecular formula is C15H18O6. The molecule has 0 spiro atoms. The van der Waals surface area contributed by atoms with E-state index in [1.54, 1.807) is 0 Å². The van der Waals surface area contributed by atoms with Gasteiger partial charge in [-0.1, -0.05) is 17.8 Å². The number of rotatable bonds is 6. The highest BCUT2D eigenvalue weighted by Gasteiger charge is 2.51. The summed E-state index contributed by atoms with van der Waals surface area (Å²) in [5.74, 6) is 6.69. The van der Waals surface area contributed by atoms with E-state index in [4.69, 9.17) is 33.5 Å². The lowest BCUT2D eigenvalue weighted by Crippen LogP contribution is -2.65. The maximum Gasteiger partial charge on any atom is 0.116 e. The van der Waals surface area contributed by atoms with Crippen LogP contribution >= 0.6 is 0 Å². The fourth-order valence-corrected chi connectivity index (χ4v) is 2.19. The second kappa shape index (κ2) is 8.67. The van der Waals surface area contributed by atoms with Gasteiger partial charge in [-0.05, 0) is 0 Å². The average Bonchev–Trinajstić information content (AvgIpc) is 2.47. The van der Waals surface area contributed by atoms with Crippen molar-refractivity contribution >= 4 is 0 Å². The summed E-state index contributed by atoms with van der Waals surface area (Å²) in [6.07, 6.45) is 8.06. The van der Waals surface area contributed by atoms with Gasteiger partial charge in [0, 0.05) is 0 Å². The minimum atomic E-state index is -1.32. The first-order chi connectivity index (χ1) is 10.1. The van der Waals surface area contributed by atoms with Gasteiger partial charge in [-0.2, -0.15) is 0 Å². The second-order valence-electron chi connectivity index (χ2n) is 4.41. The first-order valence-electron chi connectivity index (χ1n) is 6.27. The Kier molecular flexibility index (Phi) is 7.22. The van der Waals surface area contributed by atoms with Crippen molar-refractivity contribution in [1.29, 1.82) is 0 Å². The molecule has 0 atom stereocenters. The highest BCUT2D eigenvalue weighted by atomic mass is 16.6. The van der Waals surface area contributed by atoms with Crippen LogP contribution in [0.25, 0.3) is 0 Å². The van der Waals surface area contributed by atoms with E-state index >= 15 is 0 Å². The highest BCUT2D eigenvalue weighted by Crippen LogP contribution is 2.28. The molecule has 0 unspecified atom stereocenters. The molecule has 1 rings (SSSR count). The fraction of sp³-hybridized carbons (Fsp3) is 0.600. The van der Waals surface area contributed by atoms with Crippen molar-refractivity contribution in [1.82, 2.24) is 0 Å². The minimum Gasteiger partial charge on any atom is -0.387 e. The standard InChI is InChI=1S/C15H18O6/c1-4-7-19-13-10(16)14(20-8-5-2)12(18)15(11(13)17)21-9-6-3/h1-3,10-18H,7-9H2/t10-,11+,12-,13+,14?,15?. The Bertz CT molecular complexity index is 364. The van der Waals surface area contributed by atoms with Crippen LogP contribution in [0, 0.1) is 37.0 Å². The van der Waals surface area contributed by atoms with Crippen LogP contribution in [0.2, 0.25) is 0 Å². The third-order valence-corrected chi connectivity index (χ3v) is 3.10. The molecule has 0 aromatic carbocycles. The predicted molar refractivity (Wildman–Crippen MR) is 73.7 cm³/mol. The average molecular weight is 294 g/mol. The topological polar surface area (TPSA) is 88.4 Å². The van der Waals surface area contributed by atoms with Crippen LogP contribution < -0.4 is 0 Å². The summed E-state index contributed by atoms with van der Waals surface area (Å²) < 4.78 is 15.6. The molecule has 1 saturated carbocycles. The van der Waals surface area contributed by atoms with Crippen molar-refractivity contribution in [3.63, 3.8) is 0 Å². The lowest BCUT2D eigenvalue weighted by Gasteiger charge is -2.44. The zero-order valence-corrected chi connectivity index (χ0v) is 11.4. The van der Waals surface area contributed by atoms with Gasteiger partial charge in [0.2, 0.25) is 0 Å². The van der Waals surface area contributed by atoms with Gasteiger partial charge in [0.1, 0.15) is 56.4 Å². The lowest BCUT2D eigenvalue weighted by molar-refractivity contribution is -0.249. The van der Waals surface area contributed by atoms with Crippen LogP contribution in [0.1, 0.15) is 0 Å². The lowest BCUT2D eigenvalue weighted by atomic mass is 9.84. The number of hydrogen-bond acceptors (Lipinski definition) is 6. The van der Waals surface area contributed by atoms with Crippen molar-refractivity contribution in [2.75, 3.05) is 19.8 Å². The largest absolute Gasteiger partial charge is 0.387 e. The van der Waals surface area contributed by atoms with Crippen molar-refractivity contribution in [3.05, 3.63) is 0 Å². The number of aliphatic hydroxyl groups excluding tert-OH is 3. The maximum atomic E-state index is 10.2. The van der Waals surface area contributed by atoms with E-state index in [0.29, 0.717) is 0 Å². The molecule has 0 aliphatic heterocycles. The number of aliphatic hydroxyl groups is 3. The maximum absolute atomic E-state index is 10.2. The van der Waals surface area contributed by atoms with Crippen LogP contribution in [-0.4, -0.2) is 71.8 Å². The molecule has 0 aromatic heterocycles. The predicted octanol–water partition coefficient (Wildman–Crippen LogP) is -1.86. The minimum absolute atomic E-state index is 0.126. The molecule has 114 valence electrons. The van der Waals surface area contributed by atoms with E-state index in [0.717, 1.165) is 0 Å². The molecule has 21 heavy (non-hydrogen) atoms. The smallest absolute Gasteiger partial charge is 0.116 e. The molecule has 0 aromatic rings. The van der Waals surface area contributed by atoms with Gasteiger partial charge < -0.3 is 29.5 Å². The Morgan fingerprint density at radius 3 is 1.05 bits per heavy atom. The number of terminal acetylenes is 3. The summed E-state index contributed by atoms with van der Waals surface area (Å²) >= 11 is 0. The molecule has 6 nitrogen and oxygen atoms in total. The van der Waals surface area contributed by atoms with Crippen LogP contribution in [0.3, 0.4) is 0 Å². The Hall–Kier alpha value is -1.56. The molecule has 0 saturated heterocycles. The van der Waals surface area contributed by atoms with E-state index in [-0.39, 0.29) is 19.8 Å². The molecule has 1 aliphatic rings. The van der Waals surface area contributed by atoms with Crippen LogP contribution in [0.15, 0.2) is 0 Å². The Morgan fingerprint density at radius 2 is 0.857 bits per heavy atom. The molecule has 0 amide bonds. The van der Waals surface area contributed by atoms with Crippen LogP contribution in [-0.2, 0) is 14.2 Å². The summed E-state index contributed by atoms with van der Waals surface area (Å²) in [6.45, 7) is -0.379. The first-order valence-corrected chi connectivity index (χ1v) is 6.27. The van der Waals surface area contributed by atoms with E-state index in [1.165, 1.54) is 0 Å². The Labute approximate surface area is 124 Å². The zero-order valence-electron chi connectivity index (χ0n) is 11.4. The van der Waals surface area contributed by atoms with Gasteiger partial charge in [-0.15, -0.1) is 19.3 Å². The number of ether oxygens (including phenoxy) is 3. The van der Waals surface area contributed by atoms with Crippen LogP contribution in [0.4, 0.5) is 0 Å². The van der Waals surface area contributed by atoms with Gasteiger partial charge >= 0.3 is 0 Å². The molecule has 1 aliphatic carbocycles. The van der Waals surface area contributed by atoms with Gasteiger partial charge in [-0.3, -0.25) is 0 Å². The quantitative estimate of drug-likeness (QED) is 0.498. The van der Waals surface area contributed by atoms with E-state index in [9.17, 15) is 15.3 Å². The SMILES string of the molecule is C#CCOC1[C@H](O)C(OCC#C)[C@H](O)[C@H](OCC#C)[C@@H]1O. The van der Waals surface area contributed by atoms with E-state index < -0.39 is 36.6 Å². The summed E-state index contributed by atoms with van der Waals surface area (Å²) in [5.41, 5.74) is 0. The van der Waals surface area contributed by atoms with Crippen LogP contribution in [0.5, 0.6) is 0 Å². The summed E-state index contributed by atoms with van der Waals surface area (Å²) in [7, 11) is 0. The second-order valence-corrected chi connectivity index (χ2v) is 4.41. The van der Waals surface area contributed by atoms with E-state index in [2.05, 4.69) is 17.8 Å². The highest BCUT2D eigenvalue weighted by molar-refractivity contribution is 5.03. The van der Waals surface area contributed by atoms with Gasteiger partial charge in [-0.25, -0.2) is 0 Å². The van der Waals surface area contributed by atoms with E-state index in [1.807, 2.05) is 0 Å². The third-order valence-electron chi connectivity index (χ3n) is 3.10. The normalized spacial score (nSPS) is 35.4. The molecule has 0 heterocycles. The summed E-state index contributed by atoms with van der Waals surface area (Å²) in [6, 6.07) is 0. The van der Waals surface area contributed by atoms with Crippen molar-refractivity contribution in [2.24, 2.45) is 0 Å². The summed E-state index contributed by atoms with van der Waals surface area (Å²) in [5, 5.41) is 30.5. The Balaban J connectivity index is 2.91.